The molecule has 2 aromatic carbocycles. The first-order valence-electron chi connectivity index (χ1n) is 8.83. The minimum atomic E-state index is -0.446. The predicted molar refractivity (Wildman–Crippen MR) is 103 cm³/mol. The Balaban J connectivity index is 1.52. The van der Waals surface area contributed by atoms with Gasteiger partial charge in [-0.3, -0.25) is 0 Å². The third-order valence-corrected chi connectivity index (χ3v) is 4.53. The largest absolute Gasteiger partial charge is 0.497 e. The lowest BCUT2D eigenvalue weighted by Crippen LogP contribution is -2.36. The third-order valence-electron chi connectivity index (χ3n) is 4.53. The van der Waals surface area contributed by atoms with Gasteiger partial charge < -0.3 is 19.1 Å². The van der Waals surface area contributed by atoms with E-state index >= 15 is 0 Å². The number of aliphatic imine (C=N–C) groups is 1. The molecule has 0 spiro atoms. The van der Waals surface area contributed by atoms with Gasteiger partial charge in [0.25, 0.3) is 0 Å². The second kappa shape index (κ2) is 7.63. The van der Waals surface area contributed by atoms with Gasteiger partial charge in [0.1, 0.15) is 5.75 Å². The van der Waals surface area contributed by atoms with Crippen LogP contribution < -0.4 is 9.64 Å². The molecule has 0 amide bonds. The van der Waals surface area contributed by atoms with Crippen molar-refractivity contribution in [2.24, 2.45) is 4.99 Å². The van der Waals surface area contributed by atoms with Gasteiger partial charge in [0.2, 0.25) is 5.90 Å². The van der Waals surface area contributed by atoms with Gasteiger partial charge in [-0.15, -0.1) is 0 Å². The van der Waals surface area contributed by atoms with Crippen molar-refractivity contribution in [1.82, 2.24) is 0 Å². The number of anilines is 1. The summed E-state index contributed by atoms with van der Waals surface area (Å²) in [6.07, 6.45) is 1.74. The SMILES string of the molecule is COc1ccc(C2=N/C(=C\c3ccc(N4CCOCC4)cc3)C(=O)O2)cc1. The van der Waals surface area contributed by atoms with Crippen LogP contribution in [-0.4, -0.2) is 45.3 Å². The number of nitrogens with zero attached hydrogens (tertiary/aromatic N) is 2. The highest BCUT2D eigenvalue weighted by Crippen LogP contribution is 2.22. The van der Waals surface area contributed by atoms with Crippen LogP contribution in [0, 0.1) is 0 Å². The zero-order valence-corrected chi connectivity index (χ0v) is 15.1. The number of hydrogen-bond donors (Lipinski definition) is 0. The van der Waals surface area contributed by atoms with Crippen molar-refractivity contribution in [3.63, 3.8) is 0 Å². The van der Waals surface area contributed by atoms with Crippen LogP contribution in [0.2, 0.25) is 0 Å². The maximum Gasteiger partial charge on any atom is 0.363 e. The highest BCUT2D eigenvalue weighted by molar-refractivity contribution is 6.12. The van der Waals surface area contributed by atoms with E-state index in [-0.39, 0.29) is 0 Å². The van der Waals surface area contributed by atoms with E-state index in [4.69, 9.17) is 14.2 Å². The molecule has 2 aromatic rings. The van der Waals surface area contributed by atoms with E-state index in [1.807, 2.05) is 36.4 Å². The molecule has 2 aliphatic rings. The molecule has 138 valence electrons. The van der Waals surface area contributed by atoms with E-state index in [1.165, 1.54) is 0 Å². The van der Waals surface area contributed by atoms with Gasteiger partial charge in [-0.25, -0.2) is 9.79 Å². The van der Waals surface area contributed by atoms with Crippen molar-refractivity contribution in [2.45, 2.75) is 0 Å². The Labute approximate surface area is 157 Å². The van der Waals surface area contributed by atoms with E-state index in [0.717, 1.165) is 48.9 Å². The van der Waals surface area contributed by atoms with Gasteiger partial charge in [-0.2, -0.15) is 0 Å². The Hall–Kier alpha value is -3.12. The molecule has 0 unspecified atom stereocenters. The zero-order chi connectivity index (χ0) is 18.6. The summed E-state index contributed by atoms with van der Waals surface area (Å²) in [4.78, 5) is 18.8. The minimum Gasteiger partial charge on any atom is -0.497 e. The number of carbonyl (C=O) groups is 1. The second-order valence-corrected chi connectivity index (χ2v) is 6.26. The van der Waals surface area contributed by atoms with Crippen LogP contribution >= 0.6 is 0 Å². The van der Waals surface area contributed by atoms with E-state index < -0.39 is 5.97 Å². The van der Waals surface area contributed by atoms with Crippen LogP contribution in [0.25, 0.3) is 6.08 Å². The van der Waals surface area contributed by atoms with E-state index in [2.05, 4.69) is 9.89 Å². The molecule has 1 saturated heterocycles. The molecule has 0 aliphatic carbocycles. The molecule has 0 atom stereocenters. The van der Waals surface area contributed by atoms with Crippen LogP contribution in [-0.2, 0) is 14.3 Å². The third kappa shape index (κ3) is 3.85. The predicted octanol–water partition coefficient (Wildman–Crippen LogP) is 2.88. The molecule has 27 heavy (non-hydrogen) atoms. The van der Waals surface area contributed by atoms with Crippen LogP contribution in [0.4, 0.5) is 5.69 Å². The lowest BCUT2D eigenvalue weighted by Gasteiger charge is -2.28. The number of rotatable bonds is 4. The number of ether oxygens (including phenoxy) is 3. The fourth-order valence-electron chi connectivity index (χ4n) is 3.03. The summed E-state index contributed by atoms with van der Waals surface area (Å²) in [5.74, 6) is 0.594. The summed E-state index contributed by atoms with van der Waals surface area (Å²) in [6, 6.07) is 15.3. The van der Waals surface area contributed by atoms with Crippen LogP contribution in [0.3, 0.4) is 0 Å². The van der Waals surface area contributed by atoms with E-state index in [9.17, 15) is 4.79 Å². The molecular formula is C21H20N2O4. The maximum absolute atomic E-state index is 12.1. The quantitative estimate of drug-likeness (QED) is 0.617. The van der Waals surface area contributed by atoms with Crippen molar-refractivity contribution in [3.05, 3.63) is 65.4 Å². The number of carbonyl (C=O) groups excluding carboxylic acids is 1. The average Bonchev–Trinajstić information content (AvgIpc) is 3.09. The number of methoxy groups -OCH3 is 1. The number of esters is 1. The lowest BCUT2D eigenvalue weighted by molar-refractivity contribution is -0.129. The van der Waals surface area contributed by atoms with Crippen molar-refractivity contribution >= 4 is 23.6 Å². The normalized spacial score (nSPS) is 18.4. The molecule has 2 aliphatic heterocycles. The first-order chi connectivity index (χ1) is 13.2. The highest BCUT2D eigenvalue weighted by Gasteiger charge is 2.24. The summed E-state index contributed by atoms with van der Waals surface area (Å²) < 4.78 is 15.8. The van der Waals surface area contributed by atoms with Crippen LogP contribution in [0.5, 0.6) is 5.75 Å². The summed E-state index contributed by atoms with van der Waals surface area (Å²) >= 11 is 0. The molecule has 2 heterocycles. The molecule has 0 aromatic heterocycles. The van der Waals surface area contributed by atoms with Gasteiger partial charge >= 0.3 is 5.97 Å². The molecule has 1 fully saturated rings. The first-order valence-corrected chi connectivity index (χ1v) is 8.83. The highest BCUT2D eigenvalue weighted by atomic mass is 16.6. The van der Waals surface area contributed by atoms with Crippen molar-refractivity contribution < 1.29 is 19.0 Å². The van der Waals surface area contributed by atoms with Gasteiger partial charge in [-0.05, 0) is 48.0 Å². The van der Waals surface area contributed by atoms with Gasteiger partial charge in [0.05, 0.1) is 20.3 Å². The Bertz CT molecular complexity index is 879. The van der Waals surface area contributed by atoms with E-state index in [1.54, 1.807) is 25.3 Å². The summed E-state index contributed by atoms with van der Waals surface area (Å²) in [5.41, 5.74) is 3.07. The molecular weight excluding hydrogens is 344 g/mol. The number of hydrogen-bond acceptors (Lipinski definition) is 6. The first kappa shape index (κ1) is 17.3. The Morgan fingerprint density at radius 3 is 2.41 bits per heavy atom. The number of cyclic esters (lactones) is 1. The summed E-state index contributed by atoms with van der Waals surface area (Å²) in [6.45, 7) is 3.28. The fraction of sp³-hybridized carbons (Fsp3) is 0.238. The molecule has 6 nitrogen and oxygen atoms in total. The smallest absolute Gasteiger partial charge is 0.363 e. The average molecular weight is 364 g/mol. The zero-order valence-electron chi connectivity index (χ0n) is 15.1. The molecule has 4 rings (SSSR count). The minimum absolute atomic E-state index is 0.292. The van der Waals surface area contributed by atoms with Crippen LogP contribution in [0.1, 0.15) is 11.1 Å². The summed E-state index contributed by atoms with van der Waals surface area (Å²) in [7, 11) is 1.60. The number of benzene rings is 2. The molecule has 0 radical (unpaired) electrons. The second-order valence-electron chi connectivity index (χ2n) is 6.26. The Kier molecular flexibility index (Phi) is 4.89. The topological polar surface area (TPSA) is 60.4 Å². The molecule has 0 N–H and O–H groups in total. The lowest BCUT2D eigenvalue weighted by atomic mass is 10.1. The number of morpholine rings is 1. The molecule has 0 saturated carbocycles. The Morgan fingerprint density at radius 1 is 1.04 bits per heavy atom. The van der Waals surface area contributed by atoms with Gasteiger partial charge in [-0.1, -0.05) is 12.1 Å². The van der Waals surface area contributed by atoms with Crippen molar-refractivity contribution in [2.75, 3.05) is 38.3 Å². The maximum atomic E-state index is 12.1. The van der Waals surface area contributed by atoms with Crippen molar-refractivity contribution in [3.8, 4) is 5.75 Å². The van der Waals surface area contributed by atoms with E-state index in [0.29, 0.717) is 11.6 Å². The van der Waals surface area contributed by atoms with Crippen LogP contribution in [0.15, 0.2) is 59.2 Å². The van der Waals surface area contributed by atoms with Gasteiger partial charge in [0.15, 0.2) is 5.70 Å². The van der Waals surface area contributed by atoms with Gasteiger partial charge in [0, 0.05) is 24.3 Å². The Morgan fingerprint density at radius 2 is 1.74 bits per heavy atom. The fourth-order valence-corrected chi connectivity index (χ4v) is 3.03. The monoisotopic (exact) mass is 364 g/mol. The molecule has 0 bridgehead atoms. The standard InChI is InChI=1S/C21H20N2O4/c1-25-18-8-4-16(5-9-18)20-22-19(21(24)27-20)14-15-2-6-17(7-3-15)23-10-12-26-13-11-23/h2-9,14H,10-13H2,1H3/b19-14-. The summed E-state index contributed by atoms with van der Waals surface area (Å²) in [5, 5.41) is 0. The molecule has 6 heteroatoms. The van der Waals surface area contributed by atoms with Crippen molar-refractivity contribution in [1.29, 1.82) is 0 Å².